The van der Waals surface area contributed by atoms with Crippen molar-refractivity contribution in [3.8, 4) is 6.07 Å². The molecule has 0 unspecified atom stereocenters. The summed E-state index contributed by atoms with van der Waals surface area (Å²) in [5, 5.41) is 9.04. The molecular weight excluding hydrogens is 210 g/mol. The molecule has 2 aromatic rings. The zero-order valence-electron chi connectivity index (χ0n) is 9.63. The van der Waals surface area contributed by atoms with E-state index in [-0.39, 0.29) is 0 Å². The van der Waals surface area contributed by atoms with Gasteiger partial charge >= 0.3 is 0 Å². The summed E-state index contributed by atoms with van der Waals surface area (Å²) in [5.74, 6) is 0. The van der Waals surface area contributed by atoms with E-state index in [0.29, 0.717) is 6.54 Å². The van der Waals surface area contributed by atoms with Crippen LogP contribution >= 0.6 is 0 Å². The molecule has 3 nitrogen and oxygen atoms in total. The van der Waals surface area contributed by atoms with Crippen LogP contribution in [0.4, 0.5) is 0 Å². The fourth-order valence-corrected chi connectivity index (χ4v) is 1.93. The van der Waals surface area contributed by atoms with E-state index in [1.165, 1.54) is 5.69 Å². The molecule has 0 fully saturated rings. The number of hydrogen-bond donors (Lipinski definition) is 1. The summed E-state index contributed by atoms with van der Waals surface area (Å²) in [6, 6.07) is 14.0. The number of hydrogen-bond acceptors (Lipinski definition) is 2. The van der Waals surface area contributed by atoms with E-state index in [0.717, 1.165) is 24.1 Å². The lowest BCUT2D eigenvalue weighted by molar-refractivity contribution is 0.735. The van der Waals surface area contributed by atoms with Crippen molar-refractivity contribution in [2.75, 3.05) is 6.54 Å². The molecule has 0 aliphatic heterocycles. The fourth-order valence-electron chi connectivity index (χ4n) is 1.93. The molecule has 0 saturated carbocycles. The topological polar surface area (TPSA) is 54.7 Å². The Morgan fingerprint density at radius 3 is 2.76 bits per heavy atom. The Labute approximate surface area is 101 Å². The Hall–Kier alpha value is -2.05. The molecule has 1 heterocycles. The molecule has 86 valence electrons. The van der Waals surface area contributed by atoms with E-state index < -0.39 is 0 Å². The van der Waals surface area contributed by atoms with E-state index >= 15 is 0 Å². The molecule has 1 aromatic carbocycles. The highest BCUT2D eigenvalue weighted by Gasteiger charge is 2.04. The van der Waals surface area contributed by atoms with Crippen LogP contribution in [0.5, 0.6) is 0 Å². The summed E-state index contributed by atoms with van der Waals surface area (Å²) in [6.45, 7) is 1.37. The van der Waals surface area contributed by atoms with Crippen LogP contribution in [0, 0.1) is 11.3 Å². The van der Waals surface area contributed by atoms with Crippen LogP contribution in [0.1, 0.15) is 16.8 Å². The molecule has 2 N–H and O–H groups in total. The number of benzene rings is 1. The van der Waals surface area contributed by atoms with Gasteiger partial charge < -0.3 is 10.3 Å². The highest BCUT2D eigenvalue weighted by molar-refractivity contribution is 5.37. The highest BCUT2D eigenvalue weighted by atomic mass is 15.0. The van der Waals surface area contributed by atoms with E-state index in [2.05, 4.69) is 16.7 Å². The van der Waals surface area contributed by atoms with Crippen molar-refractivity contribution in [3.63, 3.8) is 0 Å². The summed E-state index contributed by atoms with van der Waals surface area (Å²) >= 11 is 0. The Kier molecular flexibility index (Phi) is 3.59. The molecule has 0 aliphatic carbocycles. The smallest absolute Gasteiger partial charge is 0.0995 e. The van der Waals surface area contributed by atoms with Gasteiger partial charge in [-0.3, -0.25) is 0 Å². The maximum atomic E-state index is 9.04. The van der Waals surface area contributed by atoms with Crippen molar-refractivity contribution in [2.45, 2.75) is 13.0 Å². The second-order valence-corrected chi connectivity index (χ2v) is 3.94. The molecule has 0 amide bonds. The predicted octanol–water partition coefficient (Wildman–Crippen LogP) is 1.91. The van der Waals surface area contributed by atoms with E-state index in [1.807, 2.05) is 36.5 Å². The lowest BCUT2D eigenvalue weighted by Crippen LogP contribution is -2.09. The Morgan fingerprint density at radius 2 is 2.00 bits per heavy atom. The van der Waals surface area contributed by atoms with Crippen molar-refractivity contribution in [1.82, 2.24) is 4.57 Å². The minimum absolute atomic E-state index is 0.643. The van der Waals surface area contributed by atoms with Gasteiger partial charge in [-0.25, -0.2) is 0 Å². The number of nitrogens with zero attached hydrogens (tertiary/aromatic N) is 2. The van der Waals surface area contributed by atoms with Gasteiger partial charge in [-0.2, -0.15) is 5.26 Å². The summed E-state index contributed by atoms with van der Waals surface area (Å²) in [7, 11) is 0. The average molecular weight is 225 g/mol. The molecule has 2 rings (SSSR count). The van der Waals surface area contributed by atoms with Crippen LogP contribution in [-0.2, 0) is 13.0 Å². The zero-order chi connectivity index (χ0) is 12.1. The van der Waals surface area contributed by atoms with E-state index in [9.17, 15) is 0 Å². The third-order valence-electron chi connectivity index (χ3n) is 2.80. The summed E-state index contributed by atoms with van der Waals surface area (Å²) in [5.41, 5.74) is 8.56. The first-order valence-electron chi connectivity index (χ1n) is 5.67. The zero-order valence-corrected chi connectivity index (χ0v) is 9.63. The monoisotopic (exact) mass is 225 g/mol. The third-order valence-corrected chi connectivity index (χ3v) is 2.80. The highest BCUT2D eigenvalue weighted by Crippen LogP contribution is 2.12. The summed E-state index contributed by atoms with van der Waals surface area (Å²) in [6.07, 6.45) is 2.89. The summed E-state index contributed by atoms with van der Waals surface area (Å²) in [4.78, 5) is 0. The van der Waals surface area contributed by atoms with Gasteiger partial charge in [-0.1, -0.05) is 18.2 Å². The van der Waals surface area contributed by atoms with Crippen molar-refractivity contribution < 1.29 is 0 Å². The molecule has 0 atom stereocenters. The van der Waals surface area contributed by atoms with Crippen molar-refractivity contribution >= 4 is 0 Å². The molecule has 0 radical (unpaired) electrons. The first-order chi connectivity index (χ1) is 8.35. The molecule has 0 saturated heterocycles. The first kappa shape index (κ1) is 11.4. The predicted molar refractivity (Wildman–Crippen MR) is 67.4 cm³/mol. The molecule has 0 spiro atoms. The van der Waals surface area contributed by atoms with Gasteiger partial charge in [0.1, 0.15) is 0 Å². The van der Waals surface area contributed by atoms with Crippen LogP contribution in [0.3, 0.4) is 0 Å². The van der Waals surface area contributed by atoms with Crippen LogP contribution in [0.2, 0.25) is 0 Å². The SMILES string of the molecule is N#Cc1ccccc1Cn1cccc1CCN. The van der Waals surface area contributed by atoms with Crippen LogP contribution in [-0.4, -0.2) is 11.1 Å². The number of nitrogens with two attached hydrogens (primary N) is 1. The van der Waals surface area contributed by atoms with Crippen LogP contribution < -0.4 is 5.73 Å². The van der Waals surface area contributed by atoms with Gasteiger partial charge in [0.05, 0.1) is 11.6 Å². The van der Waals surface area contributed by atoms with Gasteiger partial charge in [0, 0.05) is 18.4 Å². The Bertz CT molecular complexity index is 534. The molecule has 17 heavy (non-hydrogen) atoms. The normalized spacial score (nSPS) is 10.1. The lowest BCUT2D eigenvalue weighted by atomic mass is 10.1. The van der Waals surface area contributed by atoms with E-state index in [4.69, 9.17) is 11.0 Å². The number of rotatable bonds is 4. The maximum absolute atomic E-state index is 9.04. The molecule has 0 bridgehead atoms. The van der Waals surface area contributed by atoms with Crippen molar-refractivity contribution in [2.24, 2.45) is 5.73 Å². The number of aromatic nitrogens is 1. The lowest BCUT2D eigenvalue weighted by Gasteiger charge is -2.09. The van der Waals surface area contributed by atoms with Gasteiger partial charge in [0.25, 0.3) is 0 Å². The number of nitriles is 1. The van der Waals surface area contributed by atoms with Crippen LogP contribution in [0.25, 0.3) is 0 Å². The minimum atomic E-state index is 0.643. The van der Waals surface area contributed by atoms with Crippen molar-refractivity contribution in [1.29, 1.82) is 5.26 Å². The molecular formula is C14H15N3. The minimum Gasteiger partial charge on any atom is -0.347 e. The molecule has 3 heteroatoms. The van der Waals surface area contributed by atoms with Gasteiger partial charge in [0.15, 0.2) is 0 Å². The Balaban J connectivity index is 2.26. The maximum Gasteiger partial charge on any atom is 0.0995 e. The Morgan fingerprint density at radius 1 is 1.18 bits per heavy atom. The third kappa shape index (κ3) is 2.55. The quantitative estimate of drug-likeness (QED) is 0.864. The second-order valence-electron chi connectivity index (χ2n) is 3.94. The first-order valence-corrected chi connectivity index (χ1v) is 5.67. The van der Waals surface area contributed by atoms with E-state index in [1.54, 1.807) is 0 Å². The summed E-state index contributed by atoms with van der Waals surface area (Å²) < 4.78 is 2.14. The van der Waals surface area contributed by atoms with Crippen molar-refractivity contribution in [3.05, 3.63) is 59.4 Å². The van der Waals surface area contributed by atoms with Gasteiger partial charge in [-0.05, 0) is 36.7 Å². The molecule has 1 aromatic heterocycles. The molecule has 0 aliphatic rings. The second kappa shape index (κ2) is 5.33. The largest absolute Gasteiger partial charge is 0.347 e. The van der Waals surface area contributed by atoms with Crippen LogP contribution in [0.15, 0.2) is 42.6 Å². The fraction of sp³-hybridized carbons (Fsp3) is 0.214. The standard InChI is InChI=1S/C14H15N3/c15-8-7-14-6-3-9-17(14)11-13-5-2-1-4-12(13)10-16/h1-6,9H,7-8,11,15H2. The van der Waals surface area contributed by atoms with Gasteiger partial charge in [-0.15, -0.1) is 0 Å². The average Bonchev–Trinajstić information content (AvgIpc) is 2.78. The van der Waals surface area contributed by atoms with Gasteiger partial charge in [0.2, 0.25) is 0 Å².